The summed E-state index contributed by atoms with van der Waals surface area (Å²) in [4.78, 5) is 6.35. The van der Waals surface area contributed by atoms with Gasteiger partial charge >= 0.3 is 0 Å². The van der Waals surface area contributed by atoms with E-state index in [-0.39, 0.29) is 42.0 Å². The average Bonchev–Trinajstić information content (AvgIpc) is 2.92. The van der Waals surface area contributed by atoms with Crippen LogP contribution in [0.5, 0.6) is 0 Å². The highest BCUT2D eigenvalue weighted by atomic mass is 127. The van der Waals surface area contributed by atoms with Crippen LogP contribution in [0.15, 0.2) is 23.2 Å². The first-order valence-corrected chi connectivity index (χ1v) is 10.7. The van der Waals surface area contributed by atoms with Crippen LogP contribution in [-0.4, -0.2) is 56.2 Å². The fourth-order valence-electron chi connectivity index (χ4n) is 2.83. The van der Waals surface area contributed by atoms with Crippen molar-refractivity contribution in [1.29, 1.82) is 0 Å². The maximum absolute atomic E-state index is 14.3. The molecule has 0 unspecified atom stereocenters. The number of guanidine groups is 1. The summed E-state index contributed by atoms with van der Waals surface area (Å²) < 4.78 is 39.3. The van der Waals surface area contributed by atoms with Crippen LogP contribution in [-0.2, 0) is 16.6 Å². The van der Waals surface area contributed by atoms with E-state index in [0.717, 1.165) is 28.9 Å². The molecule has 10 heteroatoms. The van der Waals surface area contributed by atoms with Crippen LogP contribution in [0.4, 0.5) is 10.1 Å². The third-order valence-corrected chi connectivity index (χ3v) is 6.94. The topological polar surface area (TPSA) is 79.0 Å². The van der Waals surface area contributed by atoms with Gasteiger partial charge in [-0.15, -0.1) is 24.0 Å². The highest BCUT2D eigenvalue weighted by molar-refractivity contribution is 14.0. The number of hydrogen-bond acceptors (Lipinski definition) is 4. The molecular formula is C15H22FIN4O2S2. The zero-order valence-corrected chi connectivity index (χ0v) is 17.7. The van der Waals surface area contributed by atoms with E-state index in [9.17, 15) is 12.8 Å². The second-order valence-electron chi connectivity index (χ2n) is 5.80. The SMILES string of the molecule is I.NC(=NCc1ccc(N2CCCS2(=O)=O)c(F)c1)N1CCSCC1. The Labute approximate surface area is 169 Å². The fraction of sp³-hybridized carbons (Fsp3) is 0.533. The average molecular weight is 500 g/mol. The second kappa shape index (κ2) is 8.76. The monoisotopic (exact) mass is 500 g/mol. The van der Waals surface area contributed by atoms with E-state index >= 15 is 0 Å². The molecule has 2 aliphatic heterocycles. The highest BCUT2D eigenvalue weighted by Crippen LogP contribution is 2.27. The van der Waals surface area contributed by atoms with Crippen LogP contribution in [0, 0.1) is 5.82 Å². The van der Waals surface area contributed by atoms with Gasteiger partial charge in [0, 0.05) is 31.1 Å². The molecule has 0 aromatic heterocycles. The molecule has 2 aliphatic rings. The Hall–Kier alpha value is -0.750. The van der Waals surface area contributed by atoms with Gasteiger partial charge in [0.25, 0.3) is 0 Å². The minimum absolute atomic E-state index is 0. The van der Waals surface area contributed by atoms with Crippen molar-refractivity contribution in [1.82, 2.24) is 4.90 Å². The summed E-state index contributed by atoms with van der Waals surface area (Å²) >= 11 is 1.89. The lowest BCUT2D eigenvalue weighted by atomic mass is 10.2. The number of hydrogen-bond donors (Lipinski definition) is 1. The van der Waals surface area contributed by atoms with Crippen LogP contribution in [0.2, 0.25) is 0 Å². The minimum Gasteiger partial charge on any atom is -0.370 e. The molecular weight excluding hydrogens is 478 g/mol. The maximum atomic E-state index is 14.3. The molecule has 6 nitrogen and oxygen atoms in total. The molecule has 0 radical (unpaired) electrons. The molecule has 0 saturated carbocycles. The van der Waals surface area contributed by atoms with E-state index in [1.165, 1.54) is 12.1 Å². The third kappa shape index (κ3) is 4.91. The Bertz CT molecular complexity index is 739. The first-order chi connectivity index (χ1) is 11.5. The molecule has 0 bridgehead atoms. The van der Waals surface area contributed by atoms with Gasteiger partial charge < -0.3 is 10.6 Å². The molecule has 2 heterocycles. The second-order valence-corrected chi connectivity index (χ2v) is 9.04. The number of thioether (sulfide) groups is 1. The smallest absolute Gasteiger partial charge is 0.235 e. The number of benzene rings is 1. The molecule has 2 fully saturated rings. The number of sulfonamides is 1. The number of aliphatic imine (C=N–C) groups is 1. The fourth-order valence-corrected chi connectivity index (χ4v) is 5.30. The zero-order chi connectivity index (χ0) is 17.2. The van der Waals surface area contributed by atoms with Gasteiger partial charge in [0.1, 0.15) is 5.82 Å². The van der Waals surface area contributed by atoms with E-state index in [1.807, 2.05) is 16.7 Å². The molecule has 0 atom stereocenters. The first kappa shape index (κ1) is 20.6. The lowest BCUT2D eigenvalue weighted by molar-refractivity contribution is 0.455. The lowest BCUT2D eigenvalue weighted by Gasteiger charge is -2.27. The van der Waals surface area contributed by atoms with Gasteiger partial charge in [-0.25, -0.2) is 17.8 Å². The van der Waals surface area contributed by atoms with Crippen molar-refractivity contribution in [2.75, 3.05) is 41.2 Å². The van der Waals surface area contributed by atoms with E-state index in [1.54, 1.807) is 6.07 Å². The van der Waals surface area contributed by atoms with Gasteiger partial charge in [-0.3, -0.25) is 4.31 Å². The minimum atomic E-state index is -3.38. The predicted octanol–water partition coefficient (Wildman–Crippen LogP) is 1.85. The molecule has 2 N–H and O–H groups in total. The Morgan fingerprint density at radius 1 is 1.28 bits per heavy atom. The van der Waals surface area contributed by atoms with E-state index < -0.39 is 15.8 Å². The molecule has 2 saturated heterocycles. The summed E-state index contributed by atoms with van der Waals surface area (Å²) in [6.07, 6.45) is 0.526. The Balaban J connectivity index is 0.00000225. The molecule has 25 heavy (non-hydrogen) atoms. The summed E-state index contributed by atoms with van der Waals surface area (Å²) in [6.45, 7) is 2.36. The van der Waals surface area contributed by atoms with E-state index in [0.29, 0.717) is 24.5 Å². The first-order valence-electron chi connectivity index (χ1n) is 7.89. The van der Waals surface area contributed by atoms with Gasteiger partial charge in [-0.1, -0.05) is 6.07 Å². The van der Waals surface area contributed by atoms with Gasteiger partial charge in [0.05, 0.1) is 18.0 Å². The quantitative estimate of drug-likeness (QED) is 0.390. The van der Waals surface area contributed by atoms with Crippen LogP contribution in [0.25, 0.3) is 0 Å². The third-order valence-electron chi connectivity index (χ3n) is 4.14. The maximum Gasteiger partial charge on any atom is 0.235 e. The largest absolute Gasteiger partial charge is 0.370 e. The molecule has 1 aromatic rings. The summed E-state index contributed by atoms with van der Waals surface area (Å²) in [5, 5.41) is 0. The van der Waals surface area contributed by atoms with Crippen LogP contribution >= 0.6 is 35.7 Å². The number of nitrogens with two attached hydrogens (primary N) is 1. The highest BCUT2D eigenvalue weighted by Gasteiger charge is 2.30. The Kier molecular flexibility index (Phi) is 7.20. The van der Waals surface area contributed by atoms with Crippen molar-refractivity contribution in [3.05, 3.63) is 29.6 Å². The van der Waals surface area contributed by atoms with Crippen molar-refractivity contribution in [2.45, 2.75) is 13.0 Å². The molecule has 0 amide bonds. The molecule has 140 valence electrons. The summed E-state index contributed by atoms with van der Waals surface area (Å²) in [5.41, 5.74) is 6.77. The number of anilines is 1. The molecule has 0 aliphatic carbocycles. The zero-order valence-electron chi connectivity index (χ0n) is 13.7. The van der Waals surface area contributed by atoms with Crippen LogP contribution < -0.4 is 10.0 Å². The van der Waals surface area contributed by atoms with E-state index in [4.69, 9.17) is 5.73 Å². The summed E-state index contributed by atoms with van der Waals surface area (Å²) in [7, 11) is -3.38. The Morgan fingerprint density at radius 2 is 2.00 bits per heavy atom. The van der Waals surface area contributed by atoms with Gasteiger partial charge in [0.2, 0.25) is 10.0 Å². The summed E-state index contributed by atoms with van der Waals surface area (Å²) in [5.74, 6) is 2.07. The lowest BCUT2D eigenvalue weighted by Crippen LogP contribution is -2.42. The van der Waals surface area contributed by atoms with Crippen molar-refractivity contribution >= 4 is 57.4 Å². The Morgan fingerprint density at radius 3 is 2.60 bits per heavy atom. The van der Waals surface area contributed by atoms with Gasteiger partial charge in [-0.05, 0) is 24.1 Å². The number of rotatable bonds is 3. The number of halogens is 2. The molecule has 3 rings (SSSR count). The molecule has 0 spiro atoms. The van der Waals surface area contributed by atoms with E-state index in [2.05, 4.69) is 4.99 Å². The number of nitrogens with zero attached hydrogens (tertiary/aromatic N) is 3. The standard InChI is InChI=1S/C15H21FN4O2S2.HI/c16-13-10-12(11-18-15(17)19-5-7-23-8-6-19)2-3-14(13)20-4-1-9-24(20,21)22;/h2-3,10H,1,4-9,11H2,(H2,17,18);1H. The van der Waals surface area contributed by atoms with Gasteiger partial charge in [-0.2, -0.15) is 11.8 Å². The predicted molar refractivity (Wildman–Crippen MR) is 112 cm³/mol. The van der Waals surface area contributed by atoms with Crippen LogP contribution in [0.3, 0.4) is 0 Å². The normalized spacial score (nSPS) is 20.4. The molecule has 1 aromatic carbocycles. The summed E-state index contributed by atoms with van der Waals surface area (Å²) in [6, 6.07) is 4.55. The van der Waals surface area contributed by atoms with Crippen LogP contribution in [0.1, 0.15) is 12.0 Å². The van der Waals surface area contributed by atoms with Crippen molar-refractivity contribution < 1.29 is 12.8 Å². The van der Waals surface area contributed by atoms with Crippen molar-refractivity contribution in [3.8, 4) is 0 Å². The van der Waals surface area contributed by atoms with Gasteiger partial charge in [0.15, 0.2) is 5.96 Å². The van der Waals surface area contributed by atoms with Crippen molar-refractivity contribution in [2.24, 2.45) is 10.7 Å². The van der Waals surface area contributed by atoms with Crippen molar-refractivity contribution in [3.63, 3.8) is 0 Å².